The number of anilines is 2. The van der Waals surface area contributed by atoms with Gasteiger partial charge in [0.2, 0.25) is 5.83 Å². The van der Waals surface area contributed by atoms with Gasteiger partial charge < -0.3 is 14.7 Å². The topological polar surface area (TPSA) is 66.8 Å². The van der Waals surface area contributed by atoms with E-state index >= 15 is 0 Å². The number of thioether (sulfide) groups is 1. The Hall–Kier alpha value is -2.32. The molecular formula is C26H32FNO4S2. The number of rotatable bonds is 10. The quantitative estimate of drug-likeness (QED) is 0.215. The zero-order chi connectivity index (χ0) is 24.7. The van der Waals surface area contributed by atoms with E-state index in [0.29, 0.717) is 22.7 Å². The Kier molecular flexibility index (Phi) is 9.19. The summed E-state index contributed by atoms with van der Waals surface area (Å²) in [7, 11) is -1.31. The van der Waals surface area contributed by atoms with Crippen LogP contribution in [0.3, 0.4) is 0 Å². The number of carbonyl (C=O) groups is 1. The lowest BCUT2D eigenvalue weighted by atomic mass is 9.81. The molecule has 0 amide bonds. The molecule has 8 heteroatoms. The molecule has 0 bridgehead atoms. The molecular weight excluding hydrogens is 473 g/mol. The van der Waals surface area contributed by atoms with Gasteiger partial charge in [-0.2, -0.15) is 4.39 Å². The second kappa shape index (κ2) is 11.9. The molecule has 1 heterocycles. The van der Waals surface area contributed by atoms with E-state index in [-0.39, 0.29) is 5.41 Å². The van der Waals surface area contributed by atoms with E-state index in [2.05, 4.69) is 30.9 Å². The fourth-order valence-corrected chi connectivity index (χ4v) is 6.75. The average molecular weight is 506 g/mol. The van der Waals surface area contributed by atoms with Crippen LogP contribution >= 0.6 is 11.8 Å². The molecule has 3 rings (SSSR count). The molecule has 2 aromatic carbocycles. The van der Waals surface area contributed by atoms with E-state index in [4.69, 9.17) is 9.84 Å². The van der Waals surface area contributed by atoms with Crippen LogP contribution in [0, 0.1) is 5.41 Å². The monoisotopic (exact) mass is 505 g/mol. The number of ether oxygens (including phenoxy) is 1. The summed E-state index contributed by atoms with van der Waals surface area (Å²) >= 11 is 1.51. The van der Waals surface area contributed by atoms with E-state index in [0.717, 1.165) is 54.3 Å². The molecule has 0 aromatic heterocycles. The first kappa shape index (κ1) is 26.3. The van der Waals surface area contributed by atoms with E-state index in [1.54, 1.807) is 6.07 Å². The van der Waals surface area contributed by atoms with Crippen molar-refractivity contribution in [3.05, 3.63) is 54.6 Å². The van der Waals surface area contributed by atoms with Crippen LogP contribution < -0.4 is 9.64 Å². The van der Waals surface area contributed by atoms with Crippen LogP contribution in [0.2, 0.25) is 0 Å². The number of carboxylic acids is 1. The van der Waals surface area contributed by atoms with E-state index < -0.39 is 22.6 Å². The molecule has 1 aliphatic heterocycles. The highest BCUT2D eigenvalue weighted by atomic mass is 32.2. The van der Waals surface area contributed by atoms with Gasteiger partial charge in [0.05, 0.1) is 26.3 Å². The number of benzene rings is 2. The maximum atomic E-state index is 13.7. The molecule has 0 saturated carbocycles. The molecule has 2 unspecified atom stereocenters. The Bertz CT molecular complexity index is 1060. The summed E-state index contributed by atoms with van der Waals surface area (Å²) in [5, 5.41) is 8.84. The van der Waals surface area contributed by atoms with Gasteiger partial charge in [-0.1, -0.05) is 51.8 Å². The number of hydrogen-bond donors (Lipinski definition) is 1. The molecule has 34 heavy (non-hydrogen) atoms. The lowest BCUT2D eigenvalue weighted by Gasteiger charge is -2.36. The molecule has 5 nitrogen and oxygen atoms in total. The number of nitrogens with zero attached hydrogens (tertiary/aromatic N) is 1. The Morgan fingerprint density at radius 1 is 1.26 bits per heavy atom. The van der Waals surface area contributed by atoms with Gasteiger partial charge in [0.25, 0.3) is 0 Å². The van der Waals surface area contributed by atoms with Gasteiger partial charge in [-0.3, -0.25) is 4.21 Å². The zero-order valence-electron chi connectivity index (χ0n) is 19.9. The lowest BCUT2D eigenvalue weighted by Crippen LogP contribution is -2.37. The van der Waals surface area contributed by atoms with Crippen LogP contribution in [0.4, 0.5) is 15.8 Å². The second-order valence-electron chi connectivity index (χ2n) is 8.46. The standard InChI is InChI=1S/C26H32FNO4S2/c1-4-7-13-26(5-2)17-28(19-11-9-8-10-12-19)21-14-23(33-6-3)22(15-24(21)34(31)18-26)32-16-20(27)25(29)30/h8-12,14-16H,4-7,13,17-18H2,1-3H3,(H,29,30)/b20-16-. The maximum Gasteiger partial charge on any atom is 0.368 e. The normalized spacial score (nSPS) is 20.5. The minimum Gasteiger partial charge on any atom is -0.476 e. The third-order valence-corrected chi connectivity index (χ3v) is 8.78. The molecule has 0 saturated heterocycles. The van der Waals surface area contributed by atoms with Crippen LogP contribution in [0.25, 0.3) is 0 Å². The van der Waals surface area contributed by atoms with Crippen molar-refractivity contribution in [1.82, 2.24) is 0 Å². The molecule has 0 spiro atoms. The minimum atomic E-state index is -1.69. The first-order chi connectivity index (χ1) is 16.3. The SMILES string of the molecule is CCCCC1(CC)CN(c2ccccc2)c2cc(SCC)c(O/C=C(\F)C(=O)O)cc2S(=O)C1. The maximum absolute atomic E-state index is 13.7. The van der Waals surface area contributed by atoms with Crippen molar-refractivity contribution < 1.29 is 23.2 Å². The molecule has 2 atom stereocenters. The number of unbranched alkanes of at least 4 members (excludes halogenated alkanes) is 1. The summed E-state index contributed by atoms with van der Waals surface area (Å²) in [6.07, 6.45) is 4.62. The second-order valence-corrected chi connectivity index (χ2v) is 11.2. The van der Waals surface area contributed by atoms with E-state index in [9.17, 15) is 13.4 Å². The predicted octanol–water partition coefficient (Wildman–Crippen LogP) is 6.92. The van der Waals surface area contributed by atoms with Gasteiger partial charge in [0, 0.05) is 24.1 Å². The van der Waals surface area contributed by atoms with Gasteiger partial charge in [-0.15, -0.1) is 11.8 Å². The third-order valence-electron chi connectivity index (χ3n) is 6.16. The Morgan fingerprint density at radius 3 is 2.62 bits per heavy atom. The molecule has 0 radical (unpaired) electrons. The minimum absolute atomic E-state index is 0.121. The summed E-state index contributed by atoms with van der Waals surface area (Å²) in [6, 6.07) is 13.7. The highest BCUT2D eigenvalue weighted by Crippen LogP contribution is 2.46. The Balaban J connectivity index is 2.17. The predicted molar refractivity (Wildman–Crippen MR) is 137 cm³/mol. The molecule has 2 aromatic rings. The van der Waals surface area contributed by atoms with E-state index in [1.165, 1.54) is 11.8 Å². The summed E-state index contributed by atoms with van der Waals surface area (Å²) in [5.74, 6) is -1.51. The summed E-state index contributed by atoms with van der Waals surface area (Å²) < 4.78 is 32.8. The largest absolute Gasteiger partial charge is 0.476 e. The third kappa shape index (κ3) is 6.02. The fourth-order valence-electron chi connectivity index (χ4n) is 4.20. The average Bonchev–Trinajstić information content (AvgIpc) is 2.96. The van der Waals surface area contributed by atoms with Gasteiger partial charge in [-0.05, 0) is 42.2 Å². The van der Waals surface area contributed by atoms with Crippen LogP contribution in [-0.2, 0) is 15.6 Å². The number of aliphatic carboxylic acids is 1. The van der Waals surface area contributed by atoms with Gasteiger partial charge in [0.1, 0.15) is 12.0 Å². The van der Waals surface area contributed by atoms with Crippen LogP contribution in [0.15, 0.2) is 64.3 Å². The van der Waals surface area contributed by atoms with Gasteiger partial charge >= 0.3 is 5.97 Å². The van der Waals surface area contributed by atoms with Gasteiger partial charge in [0.15, 0.2) is 0 Å². The summed E-state index contributed by atoms with van der Waals surface area (Å²) in [5.41, 5.74) is 1.75. The molecule has 1 N–H and O–H groups in total. The smallest absolute Gasteiger partial charge is 0.368 e. The number of fused-ring (bicyclic) bond motifs is 1. The van der Waals surface area contributed by atoms with Crippen LogP contribution in [0.5, 0.6) is 5.75 Å². The summed E-state index contributed by atoms with van der Waals surface area (Å²) in [4.78, 5) is 14.5. The Morgan fingerprint density at radius 2 is 2.00 bits per heavy atom. The Labute approximate surface area is 207 Å². The first-order valence-electron chi connectivity index (χ1n) is 11.6. The molecule has 0 fully saturated rings. The number of para-hydroxylation sites is 1. The molecule has 184 valence electrons. The first-order valence-corrected chi connectivity index (χ1v) is 13.9. The lowest BCUT2D eigenvalue weighted by molar-refractivity contribution is -0.134. The van der Waals surface area contributed by atoms with Crippen molar-refractivity contribution >= 4 is 39.9 Å². The highest BCUT2D eigenvalue weighted by Gasteiger charge is 2.38. The number of carboxylic acid groups (broad SMARTS) is 1. The molecule has 1 aliphatic rings. The highest BCUT2D eigenvalue weighted by molar-refractivity contribution is 7.99. The van der Waals surface area contributed by atoms with Crippen LogP contribution in [-0.4, -0.2) is 33.3 Å². The summed E-state index contributed by atoms with van der Waals surface area (Å²) in [6.45, 7) is 7.07. The van der Waals surface area contributed by atoms with Gasteiger partial charge in [-0.25, -0.2) is 4.79 Å². The fraction of sp³-hybridized carbons (Fsp3) is 0.423. The van der Waals surface area contributed by atoms with E-state index in [1.807, 2.05) is 31.2 Å². The van der Waals surface area contributed by atoms with Crippen molar-refractivity contribution in [3.63, 3.8) is 0 Å². The number of halogens is 1. The van der Waals surface area contributed by atoms with Crippen molar-refractivity contribution in [1.29, 1.82) is 0 Å². The number of hydrogen-bond acceptors (Lipinski definition) is 5. The van der Waals surface area contributed by atoms with Crippen molar-refractivity contribution in [3.8, 4) is 5.75 Å². The zero-order valence-corrected chi connectivity index (χ0v) is 21.5. The van der Waals surface area contributed by atoms with Crippen LogP contribution in [0.1, 0.15) is 46.5 Å². The molecule has 0 aliphatic carbocycles. The van der Waals surface area contributed by atoms with Crippen molar-refractivity contribution in [2.75, 3.05) is 23.0 Å². The van der Waals surface area contributed by atoms with Crippen molar-refractivity contribution in [2.45, 2.75) is 56.2 Å². The van der Waals surface area contributed by atoms with Crippen molar-refractivity contribution in [2.24, 2.45) is 5.41 Å².